The van der Waals surface area contributed by atoms with Crippen molar-refractivity contribution >= 4 is 11.8 Å². The maximum Gasteiger partial charge on any atom is 0.279 e. The summed E-state index contributed by atoms with van der Waals surface area (Å²) in [5.74, 6) is 0.217. The van der Waals surface area contributed by atoms with Crippen LogP contribution < -0.4 is 15.6 Å². The van der Waals surface area contributed by atoms with Crippen LogP contribution >= 0.6 is 0 Å². The number of hydrogen-bond acceptors (Lipinski definition) is 3. The summed E-state index contributed by atoms with van der Waals surface area (Å²) in [6, 6.07) is 14.9. The molecule has 0 saturated heterocycles. The van der Waals surface area contributed by atoms with Crippen LogP contribution in [0.15, 0.2) is 48.5 Å². The van der Waals surface area contributed by atoms with Gasteiger partial charge in [0.15, 0.2) is 6.10 Å². The number of hydrogen-bond donors (Lipinski definition) is 2. The highest BCUT2D eigenvalue weighted by Crippen LogP contribution is 2.20. The number of benzene rings is 2. The van der Waals surface area contributed by atoms with Crippen LogP contribution in [0, 0.1) is 0 Å². The molecule has 26 heavy (non-hydrogen) atoms. The predicted octanol–water partition coefficient (Wildman–Crippen LogP) is 3.60. The average Bonchev–Trinajstić information content (AvgIpc) is 2.66. The zero-order valence-corrected chi connectivity index (χ0v) is 15.7. The van der Waals surface area contributed by atoms with E-state index >= 15 is 0 Å². The highest BCUT2D eigenvalue weighted by atomic mass is 16.5. The van der Waals surface area contributed by atoms with Gasteiger partial charge in [-0.25, -0.2) is 0 Å². The van der Waals surface area contributed by atoms with Crippen LogP contribution in [-0.4, -0.2) is 17.9 Å². The highest BCUT2D eigenvalue weighted by molar-refractivity contribution is 5.95. The van der Waals surface area contributed by atoms with E-state index in [1.807, 2.05) is 43.3 Å². The quantitative estimate of drug-likeness (QED) is 0.779. The number of hydrazine groups is 1. The lowest BCUT2D eigenvalue weighted by atomic mass is 10.0. The largest absolute Gasteiger partial charge is 0.481 e. The molecule has 5 nitrogen and oxygen atoms in total. The van der Waals surface area contributed by atoms with Crippen LogP contribution in [0.25, 0.3) is 0 Å². The first-order valence-electron chi connectivity index (χ1n) is 8.86. The van der Waals surface area contributed by atoms with Crippen LogP contribution in [0.2, 0.25) is 0 Å². The third-order valence-corrected chi connectivity index (χ3v) is 4.13. The number of rotatable bonds is 6. The Morgan fingerprint density at radius 3 is 2.31 bits per heavy atom. The third-order valence-electron chi connectivity index (χ3n) is 4.13. The summed E-state index contributed by atoms with van der Waals surface area (Å²) in [5.41, 5.74) is 7.59. The molecule has 0 aromatic heterocycles. The Balaban J connectivity index is 1.88. The molecule has 0 saturated carbocycles. The summed E-state index contributed by atoms with van der Waals surface area (Å²) in [6.45, 7) is 7.88. The average molecular weight is 354 g/mol. The molecule has 2 rings (SSSR count). The predicted molar refractivity (Wildman–Crippen MR) is 102 cm³/mol. The third kappa shape index (κ3) is 5.34. The number of nitrogens with one attached hydrogen (secondary N) is 2. The van der Waals surface area contributed by atoms with Crippen molar-refractivity contribution in [3.05, 3.63) is 65.2 Å². The molecule has 2 N–H and O–H groups in total. The second-order valence-electron chi connectivity index (χ2n) is 6.48. The van der Waals surface area contributed by atoms with Gasteiger partial charge in [-0.2, -0.15) is 0 Å². The summed E-state index contributed by atoms with van der Waals surface area (Å²) in [4.78, 5) is 24.2. The fraction of sp³-hybridized carbons (Fsp3) is 0.333. The van der Waals surface area contributed by atoms with Crippen molar-refractivity contribution in [1.29, 1.82) is 0 Å². The van der Waals surface area contributed by atoms with Crippen LogP contribution in [0.5, 0.6) is 5.75 Å². The van der Waals surface area contributed by atoms with E-state index in [4.69, 9.17) is 4.74 Å². The van der Waals surface area contributed by atoms with Crippen molar-refractivity contribution in [3.63, 3.8) is 0 Å². The number of ether oxygens (including phenoxy) is 1. The van der Waals surface area contributed by atoms with E-state index < -0.39 is 12.0 Å². The van der Waals surface area contributed by atoms with E-state index in [0.717, 1.165) is 17.5 Å². The van der Waals surface area contributed by atoms with Crippen molar-refractivity contribution < 1.29 is 14.3 Å². The van der Waals surface area contributed by atoms with Gasteiger partial charge in [0, 0.05) is 5.56 Å². The maximum absolute atomic E-state index is 12.2. The smallest absolute Gasteiger partial charge is 0.279 e. The van der Waals surface area contributed by atoms with Gasteiger partial charge < -0.3 is 4.74 Å². The first-order chi connectivity index (χ1) is 12.4. The Kier molecular flexibility index (Phi) is 6.78. The lowest BCUT2D eigenvalue weighted by Crippen LogP contribution is -2.47. The summed E-state index contributed by atoms with van der Waals surface area (Å²) in [7, 11) is 0. The Bertz CT molecular complexity index is 754. The van der Waals surface area contributed by atoms with Gasteiger partial charge in [-0.15, -0.1) is 0 Å². The molecular weight excluding hydrogens is 328 g/mol. The van der Waals surface area contributed by atoms with Gasteiger partial charge in [0.25, 0.3) is 11.8 Å². The van der Waals surface area contributed by atoms with E-state index in [-0.39, 0.29) is 5.91 Å². The van der Waals surface area contributed by atoms with Crippen molar-refractivity contribution in [2.75, 3.05) is 0 Å². The minimum atomic E-state index is -0.736. The number of amides is 2. The van der Waals surface area contributed by atoms with Gasteiger partial charge in [0.05, 0.1) is 0 Å². The van der Waals surface area contributed by atoms with E-state index in [2.05, 4.69) is 24.7 Å². The molecule has 2 aromatic rings. The molecule has 5 heteroatoms. The molecular formula is C21H26N2O3. The summed E-state index contributed by atoms with van der Waals surface area (Å²) < 4.78 is 5.67. The topological polar surface area (TPSA) is 67.4 Å². The first-order valence-corrected chi connectivity index (χ1v) is 8.86. The molecule has 0 aliphatic heterocycles. The van der Waals surface area contributed by atoms with Crippen LogP contribution in [0.4, 0.5) is 0 Å². The zero-order valence-electron chi connectivity index (χ0n) is 15.7. The number of aryl methyl sites for hydroxylation is 1. The molecule has 2 aromatic carbocycles. The molecule has 1 unspecified atom stereocenters. The fourth-order valence-electron chi connectivity index (χ4n) is 2.39. The molecule has 1 atom stereocenters. The SMILES string of the molecule is CCc1ccc(C(=O)NNC(=O)C(C)Oc2cccc(C(C)C)c2)cc1. The molecule has 0 aliphatic carbocycles. The normalized spacial score (nSPS) is 11.7. The molecule has 0 aliphatic rings. The lowest BCUT2D eigenvalue weighted by molar-refractivity contribution is -0.128. The van der Waals surface area contributed by atoms with Crippen LogP contribution in [0.1, 0.15) is 55.1 Å². The monoisotopic (exact) mass is 354 g/mol. The molecule has 0 fully saturated rings. The molecule has 2 amide bonds. The summed E-state index contributed by atoms with van der Waals surface area (Å²) >= 11 is 0. The Labute approximate surface area is 154 Å². The first kappa shape index (κ1) is 19.5. The minimum Gasteiger partial charge on any atom is -0.481 e. The van der Waals surface area contributed by atoms with Gasteiger partial charge in [-0.1, -0.05) is 45.0 Å². The molecule has 0 spiro atoms. The fourth-order valence-corrected chi connectivity index (χ4v) is 2.39. The van der Waals surface area contributed by atoms with Crippen LogP contribution in [-0.2, 0) is 11.2 Å². The van der Waals surface area contributed by atoms with E-state index in [0.29, 0.717) is 17.2 Å². The Morgan fingerprint density at radius 1 is 1.00 bits per heavy atom. The van der Waals surface area contributed by atoms with E-state index in [1.54, 1.807) is 19.1 Å². The van der Waals surface area contributed by atoms with Crippen molar-refractivity contribution in [2.45, 2.75) is 46.1 Å². The Hall–Kier alpha value is -2.82. The zero-order chi connectivity index (χ0) is 19.1. The van der Waals surface area contributed by atoms with Gasteiger partial charge in [0.2, 0.25) is 0 Å². The number of carbonyl (C=O) groups is 2. The van der Waals surface area contributed by atoms with Crippen molar-refractivity contribution in [2.24, 2.45) is 0 Å². The maximum atomic E-state index is 12.2. The second kappa shape index (κ2) is 9.04. The standard InChI is InChI=1S/C21H26N2O3/c1-5-16-9-11-17(12-10-16)21(25)23-22-20(24)15(4)26-19-8-6-7-18(13-19)14(2)3/h6-15H,5H2,1-4H3,(H,22,24)(H,23,25). The van der Waals surface area contributed by atoms with Gasteiger partial charge in [-0.3, -0.25) is 20.4 Å². The molecule has 138 valence electrons. The van der Waals surface area contributed by atoms with Crippen molar-refractivity contribution in [1.82, 2.24) is 10.9 Å². The van der Waals surface area contributed by atoms with Crippen molar-refractivity contribution in [3.8, 4) is 5.75 Å². The van der Waals surface area contributed by atoms with Gasteiger partial charge in [0.1, 0.15) is 5.75 Å². The number of carbonyl (C=O) groups excluding carboxylic acids is 2. The van der Waals surface area contributed by atoms with E-state index in [9.17, 15) is 9.59 Å². The molecule has 0 heterocycles. The van der Waals surface area contributed by atoms with Gasteiger partial charge in [-0.05, 0) is 54.7 Å². The summed E-state index contributed by atoms with van der Waals surface area (Å²) in [5, 5.41) is 0. The highest BCUT2D eigenvalue weighted by Gasteiger charge is 2.16. The summed E-state index contributed by atoms with van der Waals surface area (Å²) in [6.07, 6.45) is 0.172. The van der Waals surface area contributed by atoms with Gasteiger partial charge >= 0.3 is 0 Å². The van der Waals surface area contributed by atoms with Crippen LogP contribution in [0.3, 0.4) is 0 Å². The molecule has 0 bridgehead atoms. The van der Waals surface area contributed by atoms with E-state index in [1.165, 1.54) is 0 Å². The lowest BCUT2D eigenvalue weighted by Gasteiger charge is -2.16. The Morgan fingerprint density at radius 2 is 1.69 bits per heavy atom. The second-order valence-corrected chi connectivity index (χ2v) is 6.48. The minimum absolute atomic E-state index is 0.366. The molecule has 0 radical (unpaired) electrons.